The quantitative estimate of drug-likeness (QED) is 0.808. The van der Waals surface area contributed by atoms with Gasteiger partial charge >= 0.3 is 12.0 Å². The van der Waals surface area contributed by atoms with E-state index in [-0.39, 0.29) is 6.04 Å². The minimum Gasteiger partial charge on any atom is -0.449 e. The van der Waals surface area contributed by atoms with Crippen molar-refractivity contribution in [2.24, 2.45) is 0 Å². The van der Waals surface area contributed by atoms with Crippen LogP contribution in [0.2, 0.25) is 0 Å². The van der Waals surface area contributed by atoms with Gasteiger partial charge in [-0.05, 0) is 38.8 Å². The Hall–Kier alpha value is -2.96. The monoisotopic (exact) mass is 369 g/mol. The highest BCUT2D eigenvalue weighted by Gasteiger charge is 2.24. The Bertz CT molecular complexity index is 875. The Balaban J connectivity index is 1.63. The van der Waals surface area contributed by atoms with Gasteiger partial charge in [-0.2, -0.15) is 0 Å². The van der Waals surface area contributed by atoms with Crippen molar-refractivity contribution in [1.29, 1.82) is 0 Å². The van der Waals surface area contributed by atoms with Gasteiger partial charge in [0.15, 0.2) is 6.10 Å². The number of nitrogens with zero attached hydrogens (tertiary/aromatic N) is 1. The van der Waals surface area contributed by atoms with E-state index >= 15 is 0 Å². The average Bonchev–Trinajstić information content (AvgIpc) is 3.13. The van der Waals surface area contributed by atoms with Crippen molar-refractivity contribution in [3.05, 3.63) is 41.6 Å². The number of para-hydroxylation sites is 1. The number of aryl methyl sites for hydroxylation is 1. The average molecular weight is 369 g/mol. The summed E-state index contributed by atoms with van der Waals surface area (Å²) in [6.45, 7) is 3.22. The molecule has 0 radical (unpaired) electrons. The Morgan fingerprint density at radius 3 is 2.63 bits per heavy atom. The minimum atomic E-state index is -1.10. The number of aromatic nitrogens is 1. The maximum Gasteiger partial charge on any atom is 0.339 e. The number of carbonyl (C=O) groups excluding carboxylic acids is 3. The van der Waals surface area contributed by atoms with Crippen LogP contribution in [0.4, 0.5) is 4.79 Å². The van der Waals surface area contributed by atoms with Gasteiger partial charge in [0.05, 0.1) is 11.1 Å². The molecule has 3 rings (SSSR count). The molecule has 142 valence electrons. The fourth-order valence-corrected chi connectivity index (χ4v) is 3.26. The second-order valence-corrected chi connectivity index (χ2v) is 6.82. The maximum absolute atomic E-state index is 12.6. The van der Waals surface area contributed by atoms with Crippen molar-refractivity contribution in [2.45, 2.75) is 51.7 Å². The van der Waals surface area contributed by atoms with Gasteiger partial charge in [0.25, 0.3) is 5.91 Å². The van der Waals surface area contributed by atoms with Gasteiger partial charge in [-0.25, -0.2) is 9.59 Å². The van der Waals surface area contributed by atoms with Crippen LogP contribution in [0.15, 0.2) is 30.3 Å². The van der Waals surface area contributed by atoms with E-state index in [9.17, 15) is 14.4 Å². The van der Waals surface area contributed by atoms with E-state index in [1.165, 1.54) is 6.92 Å². The molecule has 27 heavy (non-hydrogen) atoms. The number of ether oxygens (including phenoxy) is 1. The van der Waals surface area contributed by atoms with E-state index in [4.69, 9.17) is 4.74 Å². The van der Waals surface area contributed by atoms with E-state index in [1.54, 1.807) is 25.1 Å². The molecule has 1 aromatic heterocycles. The van der Waals surface area contributed by atoms with Crippen LogP contribution in [0, 0.1) is 6.92 Å². The first-order valence-corrected chi connectivity index (χ1v) is 9.13. The van der Waals surface area contributed by atoms with Crippen molar-refractivity contribution in [3.63, 3.8) is 0 Å². The van der Waals surface area contributed by atoms with E-state index in [1.807, 2.05) is 12.1 Å². The number of hydrogen-bond donors (Lipinski definition) is 2. The molecule has 0 bridgehead atoms. The van der Waals surface area contributed by atoms with Gasteiger partial charge in [0, 0.05) is 17.1 Å². The zero-order valence-electron chi connectivity index (χ0n) is 15.5. The number of fused-ring (bicyclic) bond motifs is 1. The molecule has 1 aliphatic rings. The maximum atomic E-state index is 12.6. The van der Waals surface area contributed by atoms with Gasteiger partial charge in [0.1, 0.15) is 0 Å². The smallest absolute Gasteiger partial charge is 0.339 e. The number of pyridine rings is 1. The lowest BCUT2D eigenvalue weighted by Crippen LogP contribution is -2.47. The van der Waals surface area contributed by atoms with Crippen LogP contribution in [-0.2, 0) is 9.53 Å². The predicted molar refractivity (Wildman–Crippen MR) is 100 cm³/mol. The molecule has 0 saturated heterocycles. The number of carbonyl (C=O) groups is 3. The number of amides is 3. The molecule has 0 aliphatic heterocycles. The van der Waals surface area contributed by atoms with Crippen LogP contribution < -0.4 is 10.6 Å². The molecule has 1 aliphatic carbocycles. The van der Waals surface area contributed by atoms with Gasteiger partial charge in [-0.3, -0.25) is 15.1 Å². The summed E-state index contributed by atoms with van der Waals surface area (Å²) in [6.07, 6.45) is 2.89. The summed E-state index contributed by atoms with van der Waals surface area (Å²) < 4.78 is 5.27. The lowest BCUT2D eigenvalue weighted by atomic mass is 10.1. The summed E-state index contributed by atoms with van der Waals surface area (Å²) in [7, 11) is 0. The zero-order valence-corrected chi connectivity index (χ0v) is 15.5. The summed E-state index contributed by atoms with van der Waals surface area (Å²) >= 11 is 0. The van der Waals surface area contributed by atoms with Crippen LogP contribution in [0.3, 0.4) is 0 Å². The first kappa shape index (κ1) is 18.8. The lowest BCUT2D eigenvalue weighted by Gasteiger charge is -2.16. The summed E-state index contributed by atoms with van der Waals surface area (Å²) in [5, 5.41) is 5.65. The summed E-state index contributed by atoms with van der Waals surface area (Å²) in [5.74, 6) is -1.29. The molecule has 1 fully saturated rings. The molecule has 7 heteroatoms. The first-order chi connectivity index (χ1) is 12.9. The molecule has 1 heterocycles. The number of imide groups is 1. The molecule has 7 nitrogen and oxygen atoms in total. The number of nitrogens with one attached hydrogen (secondary N) is 2. The third-order valence-electron chi connectivity index (χ3n) is 4.64. The van der Waals surface area contributed by atoms with Gasteiger partial charge in [-0.1, -0.05) is 31.0 Å². The molecule has 1 saturated carbocycles. The lowest BCUT2D eigenvalue weighted by molar-refractivity contribution is -0.127. The molecule has 3 amide bonds. The number of benzene rings is 1. The Kier molecular flexibility index (Phi) is 5.69. The third kappa shape index (κ3) is 4.61. The largest absolute Gasteiger partial charge is 0.449 e. The van der Waals surface area contributed by atoms with Crippen molar-refractivity contribution in [2.75, 3.05) is 0 Å². The molecule has 1 aromatic carbocycles. The fraction of sp³-hybridized carbons (Fsp3) is 0.400. The van der Waals surface area contributed by atoms with Crippen LogP contribution >= 0.6 is 0 Å². The molecule has 2 aromatic rings. The van der Waals surface area contributed by atoms with Gasteiger partial charge < -0.3 is 10.1 Å². The molecule has 1 atom stereocenters. The standard InChI is InChI=1S/C20H23N3O4/c1-12-11-16(15-9-5-6-10-17(15)21-12)19(25)27-13(2)18(24)23-20(26)22-14-7-3-4-8-14/h5-6,9-11,13-14H,3-4,7-8H2,1-2H3,(H2,22,23,24,26)/t13-/m1/s1. The van der Waals surface area contributed by atoms with Crippen LogP contribution in [0.25, 0.3) is 10.9 Å². The van der Waals surface area contributed by atoms with Crippen LogP contribution in [0.1, 0.15) is 48.7 Å². The van der Waals surface area contributed by atoms with Gasteiger partial charge in [-0.15, -0.1) is 0 Å². The van der Waals surface area contributed by atoms with Crippen molar-refractivity contribution >= 4 is 28.8 Å². The van der Waals surface area contributed by atoms with Crippen LogP contribution in [-0.4, -0.2) is 35.0 Å². The van der Waals surface area contributed by atoms with E-state index in [0.717, 1.165) is 25.7 Å². The number of hydrogen-bond acceptors (Lipinski definition) is 5. The van der Waals surface area contributed by atoms with Crippen molar-refractivity contribution in [3.8, 4) is 0 Å². The summed E-state index contributed by atoms with van der Waals surface area (Å²) in [4.78, 5) is 41.0. The molecule has 0 spiro atoms. The normalized spacial score (nSPS) is 15.3. The topological polar surface area (TPSA) is 97.4 Å². The fourth-order valence-electron chi connectivity index (χ4n) is 3.26. The summed E-state index contributed by atoms with van der Waals surface area (Å²) in [5.41, 5.74) is 1.69. The zero-order chi connectivity index (χ0) is 19.4. The SMILES string of the molecule is Cc1cc(C(=O)O[C@H](C)C(=O)NC(=O)NC2CCCC2)c2ccccc2n1. The minimum absolute atomic E-state index is 0.0989. The highest BCUT2D eigenvalue weighted by atomic mass is 16.5. The second kappa shape index (κ2) is 8.16. The predicted octanol–water partition coefficient (Wildman–Crippen LogP) is 2.86. The molecular weight excluding hydrogens is 346 g/mol. The van der Waals surface area contributed by atoms with E-state index < -0.39 is 24.0 Å². The van der Waals surface area contributed by atoms with Crippen LogP contribution in [0.5, 0.6) is 0 Å². The Morgan fingerprint density at radius 2 is 1.89 bits per heavy atom. The first-order valence-electron chi connectivity index (χ1n) is 9.13. The van der Waals surface area contributed by atoms with Crippen molar-refractivity contribution < 1.29 is 19.1 Å². The molecule has 2 N–H and O–H groups in total. The Labute approximate surface area is 157 Å². The molecule has 0 unspecified atom stereocenters. The van der Waals surface area contributed by atoms with Gasteiger partial charge in [0.2, 0.25) is 0 Å². The molecular formula is C20H23N3O4. The van der Waals surface area contributed by atoms with Crippen molar-refractivity contribution in [1.82, 2.24) is 15.6 Å². The third-order valence-corrected chi connectivity index (χ3v) is 4.64. The van der Waals surface area contributed by atoms with E-state index in [0.29, 0.717) is 22.2 Å². The highest BCUT2D eigenvalue weighted by molar-refractivity contribution is 6.05. The second-order valence-electron chi connectivity index (χ2n) is 6.82. The highest BCUT2D eigenvalue weighted by Crippen LogP contribution is 2.20. The Morgan fingerprint density at radius 1 is 1.19 bits per heavy atom. The summed E-state index contributed by atoms with van der Waals surface area (Å²) in [6, 6.07) is 8.40. The van der Waals surface area contributed by atoms with E-state index in [2.05, 4.69) is 15.6 Å². The number of urea groups is 1. The number of rotatable bonds is 4. The number of esters is 1.